The Balaban J connectivity index is 2.03. The van der Waals surface area contributed by atoms with Crippen molar-refractivity contribution in [3.05, 3.63) is 30.1 Å². The topological polar surface area (TPSA) is 37.4 Å². The van der Waals surface area contributed by atoms with E-state index in [0.717, 1.165) is 38.5 Å². The Kier molecular flexibility index (Phi) is 6.72. The van der Waals surface area contributed by atoms with Gasteiger partial charge in [0.1, 0.15) is 0 Å². The third-order valence-corrected chi connectivity index (χ3v) is 2.38. The average molecular weight is 223 g/mol. The van der Waals surface area contributed by atoms with Gasteiger partial charge in [-0.3, -0.25) is 4.98 Å². The molecular weight excluding hydrogens is 202 g/mol. The van der Waals surface area contributed by atoms with Gasteiger partial charge in [0.25, 0.3) is 0 Å². The van der Waals surface area contributed by atoms with E-state index in [1.54, 1.807) is 7.11 Å². The summed E-state index contributed by atoms with van der Waals surface area (Å²) in [5.41, 5.74) is 1.09. The molecule has 0 aliphatic carbocycles. The van der Waals surface area contributed by atoms with Gasteiger partial charge in [0.05, 0.1) is 12.3 Å². The van der Waals surface area contributed by atoms with Crippen LogP contribution < -0.4 is 5.32 Å². The molecule has 0 saturated carbocycles. The van der Waals surface area contributed by atoms with Crippen molar-refractivity contribution in [2.75, 3.05) is 40.4 Å². The first kappa shape index (κ1) is 13.1. The molecule has 0 aliphatic heterocycles. The molecule has 4 nitrogen and oxygen atoms in total. The van der Waals surface area contributed by atoms with Crippen LogP contribution in [-0.4, -0.2) is 50.3 Å². The minimum atomic E-state index is 0.788. The monoisotopic (exact) mass is 223 g/mol. The fourth-order valence-electron chi connectivity index (χ4n) is 1.35. The zero-order valence-corrected chi connectivity index (χ0v) is 10.1. The molecule has 1 aromatic rings. The number of hydrogen-bond donors (Lipinski definition) is 1. The summed E-state index contributed by atoms with van der Waals surface area (Å²) in [4.78, 5) is 6.49. The molecule has 90 valence electrons. The van der Waals surface area contributed by atoms with E-state index in [1.807, 2.05) is 24.4 Å². The van der Waals surface area contributed by atoms with Gasteiger partial charge >= 0.3 is 0 Å². The highest BCUT2D eigenvalue weighted by Crippen LogP contribution is 1.91. The van der Waals surface area contributed by atoms with E-state index in [9.17, 15) is 0 Å². The number of likely N-dealkylation sites (N-methyl/N-ethyl adjacent to an activating group) is 1. The highest BCUT2D eigenvalue weighted by Gasteiger charge is 1.97. The lowest BCUT2D eigenvalue weighted by molar-refractivity contribution is 0.161. The number of nitrogens with one attached hydrogen (secondary N) is 1. The maximum absolute atomic E-state index is 5.02. The normalized spacial score (nSPS) is 10.9. The zero-order valence-electron chi connectivity index (χ0n) is 10.1. The summed E-state index contributed by atoms with van der Waals surface area (Å²) in [5.74, 6) is 0. The van der Waals surface area contributed by atoms with E-state index in [-0.39, 0.29) is 0 Å². The second-order valence-electron chi connectivity index (χ2n) is 3.79. The predicted octanol–water partition coefficient (Wildman–Crippen LogP) is 0.749. The summed E-state index contributed by atoms with van der Waals surface area (Å²) < 4.78 is 5.02. The Morgan fingerprint density at radius 1 is 1.38 bits per heavy atom. The standard InChI is InChI=1S/C12H21N3O/c1-15(9-10-16-2)8-7-13-11-12-5-3-4-6-14-12/h3-6,13H,7-11H2,1-2H3. The van der Waals surface area contributed by atoms with E-state index < -0.39 is 0 Å². The van der Waals surface area contributed by atoms with Gasteiger partial charge in [0.2, 0.25) is 0 Å². The van der Waals surface area contributed by atoms with E-state index in [0.29, 0.717) is 0 Å². The molecule has 1 aromatic heterocycles. The van der Waals surface area contributed by atoms with E-state index >= 15 is 0 Å². The second-order valence-corrected chi connectivity index (χ2v) is 3.79. The molecule has 0 saturated heterocycles. The minimum Gasteiger partial charge on any atom is -0.383 e. The smallest absolute Gasteiger partial charge is 0.0589 e. The summed E-state index contributed by atoms with van der Waals surface area (Å²) >= 11 is 0. The molecule has 1 heterocycles. The quantitative estimate of drug-likeness (QED) is 0.660. The molecule has 1 N–H and O–H groups in total. The number of rotatable bonds is 8. The van der Waals surface area contributed by atoms with Crippen LogP contribution in [0.1, 0.15) is 5.69 Å². The molecule has 0 fully saturated rings. The first-order chi connectivity index (χ1) is 7.83. The molecule has 0 atom stereocenters. The molecule has 0 aromatic carbocycles. The van der Waals surface area contributed by atoms with Crippen molar-refractivity contribution in [1.82, 2.24) is 15.2 Å². The Bertz CT molecular complexity index is 266. The van der Waals surface area contributed by atoms with Crippen molar-refractivity contribution in [2.24, 2.45) is 0 Å². The van der Waals surface area contributed by atoms with Crippen LogP contribution in [0.5, 0.6) is 0 Å². The second kappa shape index (κ2) is 8.21. The average Bonchev–Trinajstić information content (AvgIpc) is 2.33. The summed E-state index contributed by atoms with van der Waals surface area (Å²) in [7, 11) is 3.83. The number of ether oxygens (including phenoxy) is 1. The van der Waals surface area contributed by atoms with Gasteiger partial charge in [-0.05, 0) is 19.2 Å². The number of aromatic nitrogens is 1. The summed E-state index contributed by atoms with van der Waals surface area (Å²) in [5, 5.41) is 3.36. The van der Waals surface area contributed by atoms with Crippen LogP contribution in [0.25, 0.3) is 0 Å². The molecule has 0 spiro atoms. The van der Waals surface area contributed by atoms with E-state index in [4.69, 9.17) is 4.74 Å². The SMILES string of the molecule is COCCN(C)CCNCc1ccccn1. The highest BCUT2D eigenvalue weighted by molar-refractivity contribution is 5.02. The molecule has 0 aliphatic rings. The maximum Gasteiger partial charge on any atom is 0.0589 e. The Labute approximate surface area is 97.6 Å². The van der Waals surface area contributed by atoms with Crippen molar-refractivity contribution in [3.8, 4) is 0 Å². The Morgan fingerprint density at radius 2 is 2.25 bits per heavy atom. The number of hydrogen-bond acceptors (Lipinski definition) is 4. The van der Waals surface area contributed by atoms with Gasteiger partial charge in [-0.1, -0.05) is 6.07 Å². The van der Waals surface area contributed by atoms with E-state index in [1.165, 1.54) is 0 Å². The minimum absolute atomic E-state index is 0.788. The van der Waals surface area contributed by atoms with Crippen LogP contribution in [0.15, 0.2) is 24.4 Å². The molecule has 0 unspecified atom stereocenters. The van der Waals surface area contributed by atoms with Crippen LogP contribution in [-0.2, 0) is 11.3 Å². The molecule has 0 amide bonds. The van der Waals surface area contributed by atoms with Gasteiger partial charge in [-0.25, -0.2) is 0 Å². The van der Waals surface area contributed by atoms with Crippen molar-refractivity contribution >= 4 is 0 Å². The van der Waals surface area contributed by atoms with Gasteiger partial charge in [0, 0.05) is 39.5 Å². The number of methoxy groups -OCH3 is 1. The van der Waals surface area contributed by atoms with Crippen molar-refractivity contribution < 1.29 is 4.74 Å². The van der Waals surface area contributed by atoms with Crippen LogP contribution in [0.4, 0.5) is 0 Å². The van der Waals surface area contributed by atoms with E-state index in [2.05, 4.69) is 22.2 Å². The lowest BCUT2D eigenvalue weighted by Gasteiger charge is -2.15. The largest absolute Gasteiger partial charge is 0.383 e. The fourth-order valence-corrected chi connectivity index (χ4v) is 1.35. The van der Waals surface area contributed by atoms with Gasteiger partial charge in [0.15, 0.2) is 0 Å². The molecule has 4 heteroatoms. The number of pyridine rings is 1. The lowest BCUT2D eigenvalue weighted by Crippen LogP contribution is -2.31. The van der Waals surface area contributed by atoms with Gasteiger partial charge < -0.3 is 15.0 Å². The molecule has 0 radical (unpaired) electrons. The predicted molar refractivity (Wildman–Crippen MR) is 65.3 cm³/mol. The van der Waals surface area contributed by atoms with Crippen LogP contribution in [0, 0.1) is 0 Å². The molecule has 16 heavy (non-hydrogen) atoms. The third kappa shape index (κ3) is 5.80. The number of nitrogens with zero attached hydrogens (tertiary/aromatic N) is 2. The van der Waals surface area contributed by atoms with Crippen molar-refractivity contribution in [3.63, 3.8) is 0 Å². The van der Waals surface area contributed by atoms with Gasteiger partial charge in [-0.15, -0.1) is 0 Å². The Hall–Kier alpha value is -0.970. The van der Waals surface area contributed by atoms with Crippen LogP contribution >= 0.6 is 0 Å². The molecule has 1 rings (SSSR count). The first-order valence-corrected chi connectivity index (χ1v) is 5.61. The van der Waals surface area contributed by atoms with Crippen LogP contribution in [0.3, 0.4) is 0 Å². The maximum atomic E-state index is 5.02. The summed E-state index contributed by atoms with van der Waals surface area (Å²) in [6.45, 7) is 4.59. The van der Waals surface area contributed by atoms with Crippen molar-refractivity contribution in [2.45, 2.75) is 6.54 Å². The summed E-state index contributed by atoms with van der Waals surface area (Å²) in [6.07, 6.45) is 1.82. The first-order valence-electron chi connectivity index (χ1n) is 5.61. The summed E-state index contributed by atoms with van der Waals surface area (Å²) in [6, 6.07) is 5.97. The highest BCUT2D eigenvalue weighted by atomic mass is 16.5. The van der Waals surface area contributed by atoms with Crippen LogP contribution in [0.2, 0.25) is 0 Å². The van der Waals surface area contributed by atoms with Gasteiger partial charge in [-0.2, -0.15) is 0 Å². The molecular formula is C12H21N3O. The third-order valence-electron chi connectivity index (χ3n) is 2.38. The molecule has 0 bridgehead atoms. The zero-order chi connectivity index (χ0) is 11.6. The Morgan fingerprint density at radius 3 is 2.94 bits per heavy atom. The lowest BCUT2D eigenvalue weighted by atomic mass is 10.3. The van der Waals surface area contributed by atoms with Crippen molar-refractivity contribution in [1.29, 1.82) is 0 Å². The fraction of sp³-hybridized carbons (Fsp3) is 0.583.